The van der Waals surface area contributed by atoms with E-state index >= 15 is 0 Å². The molecule has 0 aromatic heterocycles. The van der Waals surface area contributed by atoms with Gasteiger partial charge in [0.1, 0.15) is 0 Å². The number of amides is 3. The van der Waals surface area contributed by atoms with E-state index in [4.69, 9.17) is 4.74 Å². The molecule has 1 aromatic carbocycles. The summed E-state index contributed by atoms with van der Waals surface area (Å²) in [6, 6.07) is 10.2. The molecular formula is C22H31N3O4. The average Bonchev–Trinajstić information content (AvgIpc) is 2.72. The fourth-order valence-electron chi connectivity index (χ4n) is 4.55. The first-order valence-electron chi connectivity index (χ1n) is 10.5. The van der Waals surface area contributed by atoms with Gasteiger partial charge in [-0.15, -0.1) is 0 Å². The molecule has 2 saturated heterocycles. The molecule has 3 rings (SSSR count). The monoisotopic (exact) mass is 401 g/mol. The van der Waals surface area contributed by atoms with Crippen LogP contribution in [0.2, 0.25) is 0 Å². The number of rotatable bonds is 6. The summed E-state index contributed by atoms with van der Waals surface area (Å²) in [6.07, 6.45) is 1.47. The third kappa shape index (κ3) is 4.09. The summed E-state index contributed by atoms with van der Waals surface area (Å²) in [7, 11) is 0. The van der Waals surface area contributed by atoms with E-state index in [9.17, 15) is 14.4 Å². The van der Waals surface area contributed by atoms with Gasteiger partial charge in [0.15, 0.2) is 0 Å². The minimum Gasteiger partial charge on any atom is -0.466 e. The van der Waals surface area contributed by atoms with Gasteiger partial charge in [0, 0.05) is 25.7 Å². The summed E-state index contributed by atoms with van der Waals surface area (Å²) in [5.41, 5.74) is 0.737. The van der Waals surface area contributed by atoms with E-state index in [2.05, 4.69) is 17.4 Å². The Morgan fingerprint density at radius 2 is 1.86 bits per heavy atom. The van der Waals surface area contributed by atoms with Crippen LogP contribution in [0, 0.1) is 5.41 Å². The van der Waals surface area contributed by atoms with Crippen LogP contribution in [0.1, 0.15) is 51.6 Å². The number of nitrogens with one attached hydrogen (secondary N) is 1. The maximum atomic E-state index is 13.1. The highest BCUT2D eigenvalue weighted by Gasteiger charge is 2.62. The van der Waals surface area contributed by atoms with Crippen LogP contribution < -0.4 is 5.32 Å². The molecule has 2 aliphatic heterocycles. The molecule has 1 atom stereocenters. The van der Waals surface area contributed by atoms with E-state index in [0.717, 1.165) is 5.56 Å². The molecule has 0 radical (unpaired) electrons. The number of likely N-dealkylation sites (tertiary alicyclic amines) is 2. The molecule has 0 bridgehead atoms. The Balaban J connectivity index is 1.61. The quantitative estimate of drug-likeness (QED) is 0.587. The highest BCUT2D eigenvalue weighted by atomic mass is 16.5. The molecule has 0 saturated carbocycles. The lowest BCUT2D eigenvalue weighted by Crippen LogP contribution is -2.68. The van der Waals surface area contributed by atoms with Gasteiger partial charge in [-0.2, -0.15) is 0 Å². The predicted octanol–water partition coefficient (Wildman–Crippen LogP) is 2.72. The zero-order valence-electron chi connectivity index (χ0n) is 17.5. The maximum absolute atomic E-state index is 13.1. The Hall–Kier alpha value is -2.57. The van der Waals surface area contributed by atoms with E-state index in [-0.39, 0.29) is 43.0 Å². The minimum absolute atomic E-state index is 0.0604. The smallest absolute Gasteiger partial charge is 0.317 e. The lowest BCUT2D eigenvalue weighted by molar-refractivity contribution is -0.184. The number of hydrogen-bond donors (Lipinski definition) is 1. The van der Waals surface area contributed by atoms with Gasteiger partial charge in [-0.3, -0.25) is 9.59 Å². The SMILES string of the molecule is CCOC(=O)CCNC(=O)N1CCC2(CC1)C(=O)N(C(C)C)C2c1ccccc1. The van der Waals surface area contributed by atoms with Crippen molar-refractivity contribution in [2.24, 2.45) is 5.41 Å². The topological polar surface area (TPSA) is 79.0 Å². The second-order valence-electron chi connectivity index (χ2n) is 8.05. The number of piperidine rings is 1. The molecular weight excluding hydrogens is 370 g/mol. The first-order valence-corrected chi connectivity index (χ1v) is 10.5. The van der Waals surface area contributed by atoms with E-state index < -0.39 is 5.41 Å². The largest absolute Gasteiger partial charge is 0.466 e. The predicted molar refractivity (Wildman–Crippen MR) is 109 cm³/mol. The molecule has 1 unspecified atom stereocenters. The number of esters is 1. The molecule has 7 heteroatoms. The highest BCUT2D eigenvalue weighted by Crippen LogP contribution is 2.56. The second kappa shape index (κ2) is 8.84. The number of benzene rings is 1. The molecule has 2 fully saturated rings. The molecule has 158 valence electrons. The molecule has 1 N–H and O–H groups in total. The number of urea groups is 1. The van der Waals surface area contributed by atoms with Crippen LogP contribution in [-0.2, 0) is 14.3 Å². The van der Waals surface area contributed by atoms with Crippen LogP contribution >= 0.6 is 0 Å². The van der Waals surface area contributed by atoms with Crippen molar-refractivity contribution in [3.8, 4) is 0 Å². The molecule has 2 aliphatic rings. The van der Waals surface area contributed by atoms with E-state index in [1.807, 2.05) is 36.9 Å². The standard InChI is InChI=1S/C22H31N3O4/c1-4-29-18(26)10-13-23-21(28)24-14-11-22(12-15-24)19(17-8-6-5-7-9-17)25(16(2)3)20(22)27/h5-9,16,19H,4,10-15H2,1-3H3,(H,23,28). The van der Waals surface area contributed by atoms with Crippen molar-refractivity contribution in [2.45, 2.75) is 52.1 Å². The van der Waals surface area contributed by atoms with Crippen molar-refractivity contribution in [1.29, 1.82) is 0 Å². The third-order valence-corrected chi connectivity index (χ3v) is 5.99. The Bertz CT molecular complexity index is 742. The van der Waals surface area contributed by atoms with Gasteiger partial charge in [0.05, 0.1) is 24.5 Å². The number of ether oxygens (including phenoxy) is 1. The van der Waals surface area contributed by atoms with Crippen LogP contribution in [0.3, 0.4) is 0 Å². The minimum atomic E-state index is -0.423. The van der Waals surface area contributed by atoms with Gasteiger partial charge in [0.25, 0.3) is 0 Å². The molecule has 1 spiro atoms. The van der Waals surface area contributed by atoms with Gasteiger partial charge in [-0.1, -0.05) is 30.3 Å². The third-order valence-electron chi connectivity index (χ3n) is 5.99. The lowest BCUT2D eigenvalue weighted by atomic mass is 9.62. The first-order chi connectivity index (χ1) is 13.9. The van der Waals surface area contributed by atoms with Crippen molar-refractivity contribution in [2.75, 3.05) is 26.2 Å². The summed E-state index contributed by atoms with van der Waals surface area (Å²) in [5.74, 6) is -0.117. The second-order valence-corrected chi connectivity index (χ2v) is 8.05. The number of β-lactam (4-membered cyclic amide) rings is 1. The fourth-order valence-corrected chi connectivity index (χ4v) is 4.55. The van der Waals surface area contributed by atoms with E-state index in [1.54, 1.807) is 11.8 Å². The van der Waals surface area contributed by atoms with Gasteiger partial charge in [0.2, 0.25) is 5.91 Å². The molecule has 1 aromatic rings. The van der Waals surface area contributed by atoms with Crippen LogP contribution in [0.25, 0.3) is 0 Å². The Kier molecular flexibility index (Phi) is 6.45. The van der Waals surface area contributed by atoms with Crippen LogP contribution in [0.4, 0.5) is 4.79 Å². The van der Waals surface area contributed by atoms with Gasteiger partial charge in [-0.25, -0.2) is 4.79 Å². The van der Waals surface area contributed by atoms with Gasteiger partial charge < -0.3 is 19.9 Å². The van der Waals surface area contributed by atoms with Crippen LogP contribution in [0.15, 0.2) is 30.3 Å². The van der Waals surface area contributed by atoms with Crippen molar-refractivity contribution in [1.82, 2.24) is 15.1 Å². The summed E-state index contributed by atoms with van der Waals surface area (Å²) in [6.45, 7) is 7.51. The Labute approximate surface area is 172 Å². The molecule has 7 nitrogen and oxygen atoms in total. The fraction of sp³-hybridized carbons (Fsp3) is 0.591. The first kappa shape index (κ1) is 21.1. The summed E-state index contributed by atoms with van der Waals surface area (Å²) >= 11 is 0. The van der Waals surface area contributed by atoms with Crippen molar-refractivity contribution < 1.29 is 19.1 Å². The summed E-state index contributed by atoms with van der Waals surface area (Å²) < 4.78 is 4.87. The van der Waals surface area contributed by atoms with Crippen LogP contribution in [-0.4, -0.2) is 60.0 Å². The number of nitrogens with zero attached hydrogens (tertiary/aromatic N) is 2. The zero-order chi connectivity index (χ0) is 21.0. The molecule has 0 aliphatic carbocycles. The molecule has 2 heterocycles. The zero-order valence-corrected chi connectivity index (χ0v) is 17.5. The highest BCUT2D eigenvalue weighted by molar-refractivity contribution is 5.91. The van der Waals surface area contributed by atoms with E-state index in [0.29, 0.717) is 32.5 Å². The van der Waals surface area contributed by atoms with Crippen molar-refractivity contribution in [3.05, 3.63) is 35.9 Å². The van der Waals surface area contributed by atoms with E-state index in [1.165, 1.54) is 0 Å². The Morgan fingerprint density at radius 3 is 2.45 bits per heavy atom. The van der Waals surface area contributed by atoms with Gasteiger partial charge in [-0.05, 0) is 39.2 Å². The number of carbonyl (C=O) groups is 3. The normalized spacial score (nSPS) is 20.6. The maximum Gasteiger partial charge on any atom is 0.317 e. The Morgan fingerprint density at radius 1 is 1.21 bits per heavy atom. The van der Waals surface area contributed by atoms with Crippen LogP contribution in [0.5, 0.6) is 0 Å². The molecule has 29 heavy (non-hydrogen) atoms. The summed E-state index contributed by atoms with van der Waals surface area (Å²) in [5, 5.41) is 2.78. The number of carbonyl (C=O) groups excluding carboxylic acids is 3. The van der Waals surface area contributed by atoms with Gasteiger partial charge >= 0.3 is 12.0 Å². The lowest BCUT2D eigenvalue weighted by Gasteiger charge is -2.60. The molecule has 3 amide bonds. The average molecular weight is 402 g/mol. The summed E-state index contributed by atoms with van der Waals surface area (Å²) in [4.78, 5) is 40.6. The van der Waals surface area contributed by atoms with Crippen molar-refractivity contribution in [3.63, 3.8) is 0 Å². The van der Waals surface area contributed by atoms with Crippen molar-refractivity contribution >= 4 is 17.9 Å². The number of hydrogen-bond acceptors (Lipinski definition) is 4.